The fraction of sp³-hybridized carbons (Fsp3) is 0.318. The second-order valence-corrected chi connectivity index (χ2v) is 7.65. The smallest absolute Gasteiger partial charge is 0.255 e. The SMILES string of the molecule is Cc1ccc(C2CC(=O)CC(c3ccc(C)cc3)C23C(=O)NNC3=O)cc1. The molecule has 0 bridgehead atoms. The number of hydrogen-bond acceptors (Lipinski definition) is 3. The average molecular weight is 362 g/mol. The van der Waals surface area contributed by atoms with Gasteiger partial charge in [-0.2, -0.15) is 0 Å². The van der Waals surface area contributed by atoms with E-state index in [4.69, 9.17) is 0 Å². The molecule has 2 fully saturated rings. The van der Waals surface area contributed by atoms with Gasteiger partial charge in [-0.05, 0) is 25.0 Å². The number of aryl methyl sites for hydroxylation is 2. The van der Waals surface area contributed by atoms with Gasteiger partial charge in [-0.15, -0.1) is 0 Å². The molecule has 2 atom stereocenters. The third-order valence-electron chi connectivity index (χ3n) is 5.96. The average Bonchev–Trinajstić information content (AvgIpc) is 2.94. The van der Waals surface area contributed by atoms with Crippen LogP contribution in [0.25, 0.3) is 0 Å². The van der Waals surface area contributed by atoms with E-state index in [0.29, 0.717) is 0 Å². The first-order valence-electron chi connectivity index (χ1n) is 9.18. The van der Waals surface area contributed by atoms with Crippen molar-refractivity contribution in [2.75, 3.05) is 0 Å². The van der Waals surface area contributed by atoms with Crippen molar-refractivity contribution in [2.24, 2.45) is 5.41 Å². The van der Waals surface area contributed by atoms with Crippen LogP contribution in [0.4, 0.5) is 0 Å². The highest BCUT2D eigenvalue weighted by atomic mass is 16.2. The minimum absolute atomic E-state index is 0.0734. The van der Waals surface area contributed by atoms with E-state index in [0.717, 1.165) is 22.3 Å². The predicted molar refractivity (Wildman–Crippen MR) is 101 cm³/mol. The second kappa shape index (κ2) is 6.34. The van der Waals surface area contributed by atoms with Crippen LogP contribution in [-0.2, 0) is 14.4 Å². The van der Waals surface area contributed by atoms with Crippen molar-refractivity contribution < 1.29 is 14.4 Å². The molecule has 2 unspecified atom stereocenters. The molecule has 138 valence electrons. The van der Waals surface area contributed by atoms with Crippen LogP contribution in [0, 0.1) is 19.3 Å². The van der Waals surface area contributed by atoms with Crippen LogP contribution in [0.1, 0.15) is 46.9 Å². The molecule has 27 heavy (non-hydrogen) atoms. The summed E-state index contributed by atoms with van der Waals surface area (Å²) in [6, 6.07) is 15.5. The molecule has 1 saturated heterocycles. The summed E-state index contributed by atoms with van der Waals surface area (Å²) in [7, 11) is 0. The van der Waals surface area contributed by atoms with Gasteiger partial charge >= 0.3 is 0 Å². The van der Waals surface area contributed by atoms with Gasteiger partial charge in [0, 0.05) is 24.7 Å². The van der Waals surface area contributed by atoms with Gasteiger partial charge in [-0.25, -0.2) is 0 Å². The summed E-state index contributed by atoms with van der Waals surface area (Å²) in [5.41, 5.74) is 7.58. The minimum atomic E-state index is -1.32. The fourth-order valence-electron chi connectivity index (χ4n) is 4.52. The van der Waals surface area contributed by atoms with Crippen LogP contribution < -0.4 is 10.9 Å². The van der Waals surface area contributed by atoms with Crippen LogP contribution in [0.3, 0.4) is 0 Å². The monoisotopic (exact) mass is 362 g/mol. The Labute approximate surface area is 158 Å². The van der Waals surface area contributed by atoms with E-state index in [2.05, 4.69) is 10.9 Å². The zero-order valence-corrected chi connectivity index (χ0v) is 15.4. The van der Waals surface area contributed by atoms with Crippen molar-refractivity contribution in [3.8, 4) is 0 Å². The zero-order valence-electron chi connectivity index (χ0n) is 15.4. The Hall–Kier alpha value is -2.95. The van der Waals surface area contributed by atoms with Crippen LogP contribution in [0.5, 0.6) is 0 Å². The molecule has 1 aliphatic heterocycles. The van der Waals surface area contributed by atoms with E-state index >= 15 is 0 Å². The number of carbonyl (C=O) groups excluding carboxylic acids is 3. The number of nitrogens with one attached hydrogen (secondary N) is 2. The summed E-state index contributed by atoms with van der Waals surface area (Å²) in [5.74, 6) is -1.61. The van der Waals surface area contributed by atoms with Crippen LogP contribution >= 0.6 is 0 Å². The number of hydrogen-bond donors (Lipinski definition) is 2. The molecule has 1 aliphatic carbocycles. The van der Waals surface area contributed by atoms with Crippen LogP contribution in [-0.4, -0.2) is 17.6 Å². The molecule has 0 aromatic heterocycles. The number of benzene rings is 2. The first-order valence-corrected chi connectivity index (χ1v) is 9.18. The number of ketones is 1. The maximum atomic E-state index is 13.1. The lowest BCUT2D eigenvalue weighted by Crippen LogP contribution is -2.50. The molecule has 1 spiro atoms. The summed E-state index contributed by atoms with van der Waals surface area (Å²) in [4.78, 5) is 38.8. The maximum absolute atomic E-state index is 13.1. The highest BCUT2D eigenvalue weighted by molar-refractivity contribution is 6.13. The molecule has 2 aromatic carbocycles. The Balaban J connectivity index is 1.91. The van der Waals surface area contributed by atoms with Gasteiger partial charge in [0.25, 0.3) is 11.8 Å². The third-order valence-corrected chi connectivity index (χ3v) is 5.96. The van der Waals surface area contributed by atoms with Crippen molar-refractivity contribution in [1.29, 1.82) is 0 Å². The second-order valence-electron chi connectivity index (χ2n) is 7.65. The zero-order chi connectivity index (χ0) is 19.2. The fourth-order valence-corrected chi connectivity index (χ4v) is 4.52. The van der Waals surface area contributed by atoms with E-state index in [1.807, 2.05) is 62.4 Å². The van der Waals surface area contributed by atoms with Crippen molar-refractivity contribution >= 4 is 17.6 Å². The van der Waals surface area contributed by atoms with Gasteiger partial charge in [-0.3, -0.25) is 25.2 Å². The predicted octanol–water partition coefficient (Wildman–Crippen LogP) is 2.68. The molecule has 1 saturated carbocycles. The number of Topliss-reactive ketones (excluding diaryl/α,β-unsaturated/α-hetero) is 1. The molecule has 0 radical (unpaired) electrons. The lowest BCUT2D eigenvalue weighted by molar-refractivity contribution is -0.143. The topological polar surface area (TPSA) is 75.3 Å². The standard InChI is InChI=1S/C22H22N2O3/c1-13-3-7-15(8-4-13)18-11-17(25)12-19(16-9-5-14(2)6-10-16)22(18)20(26)23-24-21(22)27/h3-10,18-19H,11-12H2,1-2H3,(H,23,26)(H,24,27). The Morgan fingerprint density at radius 3 is 1.44 bits per heavy atom. The molecular formula is C22H22N2O3. The van der Waals surface area contributed by atoms with Gasteiger partial charge in [0.1, 0.15) is 11.2 Å². The summed E-state index contributed by atoms with van der Waals surface area (Å²) in [6.45, 7) is 3.96. The number of carbonyl (C=O) groups is 3. The molecule has 2 N–H and O–H groups in total. The van der Waals surface area contributed by atoms with E-state index in [-0.39, 0.29) is 30.4 Å². The molecule has 5 heteroatoms. The lowest BCUT2D eigenvalue weighted by Gasteiger charge is -2.43. The Morgan fingerprint density at radius 1 is 0.704 bits per heavy atom. The summed E-state index contributed by atoms with van der Waals surface area (Å²) >= 11 is 0. The van der Waals surface area contributed by atoms with E-state index in [9.17, 15) is 14.4 Å². The number of rotatable bonds is 2. The van der Waals surface area contributed by atoms with Crippen LogP contribution in [0.2, 0.25) is 0 Å². The maximum Gasteiger partial charge on any atom is 0.255 e. The van der Waals surface area contributed by atoms with Gasteiger partial charge in [0.2, 0.25) is 0 Å². The van der Waals surface area contributed by atoms with Gasteiger partial charge in [0.05, 0.1) is 0 Å². The molecule has 1 heterocycles. The van der Waals surface area contributed by atoms with Crippen molar-refractivity contribution in [3.63, 3.8) is 0 Å². The summed E-state index contributed by atoms with van der Waals surface area (Å²) < 4.78 is 0. The Morgan fingerprint density at radius 2 is 1.07 bits per heavy atom. The summed E-state index contributed by atoms with van der Waals surface area (Å²) in [6.07, 6.45) is 0.374. The Bertz CT molecular complexity index is 840. The normalized spacial score (nSPS) is 24.0. The van der Waals surface area contributed by atoms with E-state index in [1.54, 1.807) is 0 Å². The largest absolute Gasteiger partial charge is 0.300 e. The number of hydrazine groups is 1. The van der Waals surface area contributed by atoms with Gasteiger partial charge < -0.3 is 0 Å². The molecule has 2 aliphatic rings. The molecule has 2 amide bonds. The third kappa shape index (κ3) is 2.65. The van der Waals surface area contributed by atoms with Crippen molar-refractivity contribution in [1.82, 2.24) is 10.9 Å². The van der Waals surface area contributed by atoms with Crippen molar-refractivity contribution in [3.05, 3.63) is 70.8 Å². The quantitative estimate of drug-likeness (QED) is 0.807. The highest BCUT2D eigenvalue weighted by Gasteiger charge is 2.63. The number of amides is 2. The highest BCUT2D eigenvalue weighted by Crippen LogP contribution is 2.55. The molecule has 2 aromatic rings. The van der Waals surface area contributed by atoms with E-state index in [1.165, 1.54) is 0 Å². The first-order chi connectivity index (χ1) is 12.9. The van der Waals surface area contributed by atoms with Gasteiger partial charge in [-0.1, -0.05) is 59.7 Å². The summed E-state index contributed by atoms with van der Waals surface area (Å²) in [5, 5.41) is 0. The minimum Gasteiger partial charge on any atom is -0.300 e. The lowest BCUT2D eigenvalue weighted by atomic mass is 9.55. The molecule has 5 nitrogen and oxygen atoms in total. The molecular weight excluding hydrogens is 340 g/mol. The van der Waals surface area contributed by atoms with Crippen LogP contribution in [0.15, 0.2) is 48.5 Å². The van der Waals surface area contributed by atoms with Crippen molar-refractivity contribution in [2.45, 2.75) is 38.5 Å². The first kappa shape index (κ1) is 17.5. The molecule has 4 rings (SSSR count). The van der Waals surface area contributed by atoms with Gasteiger partial charge in [0.15, 0.2) is 0 Å². The Kier molecular flexibility index (Phi) is 4.10. The van der Waals surface area contributed by atoms with E-state index < -0.39 is 17.3 Å².